The number of rotatable bonds is 7. The van der Waals surface area contributed by atoms with Crippen LogP contribution >= 0.6 is 12.1 Å². The maximum absolute atomic E-state index is 15.1. The largest absolute Gasteiger partial charge is 0.437 e. The number of halogens is 1. The molecule has 0 bridgehead atoms. The summed E-state index contributed by atoms with van der Waals surface area (Å²) in [6.07, 6.45) is 3.61. The number of carbonyl (C=O) groups excluding carboxylic acids is 1. The lowest BCUT2D eigenvalue weighted by Crippen LogP contribution is -2.57. The summed E-state index contributed by atoms with van der Waals surface area (Å²) in [5.74, 6) is 0.913. The molecule has 10 heteroatoms. The molecule has 0 radical (unpaired) electrons. The second kappa shape index (κ2) is 8.87. The van der Waals surface area contributed by atoms with Crippen LogP contribution in [0.5, 0.6) is 17.4 Å². The number of anilines is 1. The minimum atomic E-state index is -0.522. The van der Waals surface area contributed by atoms with Crippen molar-refractivity contribution in [3.63, 3.8) is 0 Å². The van der Waals surface area contributed by atoms with E-state index in [9.17, 15) is 4.79 Å². The van der Waals surface area contributed by atoms with Gasteiger partial charge in [-0.15, -0.1) is 5.10 Å². The van der Waals surface area contributed by atoms with Crippen LogP contribution in [0.15, 0.2) is 54.7 Å². The van der Waals surface area contributed by atoms with Gasteiger partial charge in [-0.05, 0) is 50.6 Å². The molecule has 8 nitrogen and oxygen atoms in total. The highest BCUT2D eigenvalue weighted by Gasteiger charge is 2.51. The summed E-state index contributed by atoms with van der Waals surface area (Å²) < 4.78 is 32.3. The van der Waals surface area contributed by atoms with Crippen LogP contribution in [-0.4, -0.2) is 28.2 Å². The number of nitrogens with one attached hydrogen (secondary N) is 2. The number of aromatic nitrogens is 2. The number of nitrogens with zero attached hydrogens (tertiary/aromatic N) is 3. The number of hydrogen-bond acceptors (Lipinski definition) is 8. The van der Waals surface area contributed by atoms with Gasteiger partial charge >= 0.3 is 6.09 Å². The third-order valence-corrected chi connectivity index (χ3v) is 6.54. The summed E-state index contributed by atoms with van der Waals surface area (Å²) >= 11 is 1.17. The normalized spacial score (nSPS) is 16.1. The van der Waals surface area contributed by atoms with E-state index >= 15 is 4.39 Å². The number of ether oxygens (including phenoxy) is 2. The van der Waals surface area contributed by atoms with Gasteiger partial charge in [0.1, 0.15) is 11.5 Å². The molecule has 33 heavy (non-hydrogen) atoms. The predicted molar refractivity (Wildman–Crippen MR) is 122 cm³/mol. The van der Waals surface area contributed by atoms with Crippen molar-refractivity contribution in [3.8, 4) is 17.4 Å². The van der Waals surface area contributed by atoms with Crippen molar-refractivity contribution in [1.82, 2.24) is 19.8 Å². The molecule has 2 aromatic carbocycles. The lowest BCUT2D eigenvalue weighted by molar-refractivity contribution is 0.00114. The second-order valence-electron chi connectivity index (χ2n) is 7.85. The Labute approximate surface area is 194 Å². The number of amides is 1. The first-order chi connectivity index (χ1) is 16.1. The molecule has 2 heterocycles. The second-order valence-corrected chi connectivity index (χ2v) is 8.66. The highest BCUT2D eigenvalue weighted by Crippen LogP contribution is 2.53. The average molecular weight is 468 g/mol. The summed E-state index contributed by atoms with van der Waals surface area (Å²) in [7, 11) is 1.74. The average Bonchev–Trinajstić information content (AvgIpc) is 2.79. The Hall–Kier alpha value is -3.37. The van der Waals surface area contributed by atoms with E-state index < -0.39 is 11.6 Å². The Morgan fingerprint density at radius 2 is 2.12 bits per heavy atom. The van der Waals surface area contributed by atoms with Gasteiger partial charge in [0.2, 0.25) is 5.88 Å². The quantitative estimate of drug-likeness (QED) is 0.470. The van der Waals surface area contributed by atoms with E-state index in [-0.39, 0.29) is 12.4 Å². The fraction of sp³-hybridized carbons (Fsp3) is 0.261. The van der Waals surface area contributed by atoms with E-state index in [0.717, 1.165) is 24.8 Å². The molecule has 0 atom stereocenters. The number of carbonyl (C=O) groups is 1. The molecule has 1 aromatic heterocycles. The molecule has 2 N–H and O–H groups in total. The topological polar surface area (TPSA) is 88.6 Å². The summed E-state index contributed by atoms with van der Waals surface area (Å²) in [6, 6.07) is 14.0. The molecule has 170 valence electrons. The van der Waals surface area contributed by atoms with E-state index in [1.165, 1.54) is 12.1 Å². The summed E-state index contributed by atoms with van der Waals surface area (Å²) in [4.78, 5) is 14.7. The highest BCUT2D eigenvalue weighted by atomic mass is 32.2. The van der Waals surface area contributed by atoms with Gasteiger partial charge in [-0.2, -0.15) is 5.10 Å². The standard InChI is InChI=1S/C23H22FN5O3S/c1-25-33-28-18-6-2-5-15(21(18)24)14-29-22(30)32-19-13-16(31-20-7-3-12-26-27-20)8-9-17(19)23(29)10-4-11-23/h2-3,5-9,12-13,25,28H,4,10-11,14H2,1H3. The molecule has 3 aromatic rings. The van der Waals surface area contributed by atoms with Gasteiger partial charge in [-0.25, -0.2) is 13.9 Å². The van der Waals surface area contributed by atoms with Crippen molar-refractivity contribution >= 4 is 23.9 Å². The molecular weight excluding hydrogens is 445 g/mol. The minimum absolute atomic E-state index is 0.113. The van der Waals surface area contributed by atoms with Gasteiger partial charge in [0, 0.05) is 41.6 Å². The predicted octanol–water partition coefficient (Wildman–Crippen LogP) is 5.00. The van der Waals surface area contributed by atoms with E-state index in [2.05, 4.69) is 19.6 Å². The molecular formula is C23H22FN5O3S. The van der Waals surface area contributed by atoms with Crippen LogP contribution in [0.2, 0.25) is 0 Å². The van der Waals surface area contributed by atoms with Crippen LogP contribution in [0.4, 0.5) is 14.9 Å². The Morgan fingerprint density at radius 3 is 2.85 bits per heavy atom. The van der Waals surface area contributed by atoms with Crippen LogP contribution < -0.4 is 18.9 Å². The zero-order chi connectivity index (χ0) is 22.8. The fourth-order valence-electron chi connectivity index (χ4n) is 4.29. The van der Waals surface area contributed by atoms with Crippen LogP contribution in [0.3, 0.4) is 0 Å². The maximum Gasteiger partial charge on any atom is 0.416 e. The molecule has 2 aliphatic rings. The molecule has 1 aliphatic heterocycles. The molecule has 0 unspecified atom stereocenters. The Morgan fingerprint density at radius 1 is 1.24 bits per heavy atom. The maximum atomic E-state index is 15.1. The minimum Gasteiger partial charge on any atom is -0.437 e. The SMILES string of the molecule is CNSNc1cccc(CN2C(=O)Oc3cc(Oc4cccnn4)ccc3C23CCC3)c1F. The van der Waals surface area contributed by atoms with Gasteiger partial charge < -0.3 is 14.2 Å². The van der Waals surface area contributed by atoms with Crippen LogP contribution in [-0.2, 0) is 12.1 Å². The first-order valence-corrected chi connectivity index (χ1v) is 11.4. The first kappa shape index (κ1) is 21.5. The Kier molecular flexibility index (Phi) is 5.77. The molecule has 1 saturated carbocycles. The van der Waals surface area contributed by atoms with Gasteiger partial charge in [-0.1, -0.05) is 12.1 Å². The lowest BCUT2D eigenvalue weighted by Gasteiger charge is -2.52. The van der Waals surface area contributed by atoms with Crippen LogP contribution in [0.1, 0.15) is 30.4 Å². The summed E-state index contributed by atoms with van der Waals surface area (Å²) in [5, 5.41) is 7.71. The number of fused-ring (bicyclic) bond motifs is 2. The van der Waals surface area contributed by atoms with E-state index in [4.69, 9.17) is 9.47 Å². The molecule has 1 amide bonds. The van der Waals surface area contributed by atoms with Crippen molar-refractivity contribution in [2.45, 2.75) is 31.3 Å². The number of benzene rings is 2. The van der Waals surface area contributed by atoms with Crippen LogP contribution in [0.25, 0.3) is 0 Å². The van der Waals surface area contributed by atoms with Crippen molar-refractivity contribution in [1.29, 1.82) is 0 Å². The van der Waals surface area contributed by atoms with Gasteiger partial charge in [-0.3, -0.25) is 4.90 Å². The first-order valence-electron chi connectivity index (χ1n) is 10.6. The molecule has 1 spiro atoms. The Bertz CT molecular complexity index is 1180. The number of hydrogen-bond donors (Lipinski definition) is 2. The van der Waals surface area contributed by atoms with Gasteiger partial charge in [0.15, 0.2) is 5.82 Å². The van der Waals surface area contributed by atoms with Crippen molar-refractivity contribution < 1.29 is 18.7 Å². The zero-order valence-corrected chi connectivity index (χ0v) is 18.7. The molecule has 0 saturated heterocycles. The summed E-state index contributed by atoms with van der Waals surface area (Å²) in [6.45, 7) is 0.113. The van der Waals surface area contributed by atoms with Gasteiger partial charge in [0.25, 0.3) is 0 Å². The third-order valence-electron chi connectivity index (χ3n) is 6.01. The van der Waals surface area contributed by atoms with Crippen molar-refractivity contribution in [2.24, 2.45) is 0 Å². The molecule has 5 rings (SSSR count). The van der Waals surface area contributed by atoms with E-state index in [1.54, 1.807) is 54.5 Å². The van der Waals surface area contributed by atoms with Crippen molar-refractivity contribution in [3.05, 3.63) is 71.7 Å². The van der Waals surface area contributed by atoms with E-state index in [1.807, 2.05) is 12.1 Å². The third kappa shape index (κ3) is 3.96. The van der Waals surface area contributed by atoms with Crippen LogP contribution in [0, 0.1) is 5.82 Å². The lowest BCUT2D eigenvalue weighted by atomic mass is 9.69. The van der Waals surface area contributed by atoms with Crippen molar-refractivity contribution in [2.75, 3.05) is 11.8 Å². The van der Waals surface area contributed by atoms with E-state index in [0.29, 0.717) is 28.6 Å². The van der Waals surface area contributed by atoms with Gasteiger partial charge in [0.05, 0.1) is 17.8 Å². The smallest absolute Gasteiger partial charge is 0.416 e. The zero-order valence-electron chi connectivity index (χ0n) is 17.9. The summed E-state index contributed by atoms with van der Waals surface area (Å²) in [5.41, 5.74) is 1.16. The molecule has 1 fully saturated rings. The highest BCUT2D eigenvalue weighted by molar-refractivity contribution is 7.98. The molecule has 1 aliphatic carbocycles. The Balaban J connectivity index is 1.44. The monoisotopic (exact) mass is 467 g/mol. The fourth-order valence-corrected chi connectivity index (χ4v) is 4.66.